The predicted octanol–water partition coefficient (Wildman–Crippen LogP) is 3.82. The molecule has 1 N–H and O–H groups in total. The molecule has 4 nitrogen and oxygen atoms in total. The Balaban J connectivity index is 1.28. The van der Waals surface area contributed by atoms with E-state index < -0.39 is 0 Å². The quantitative estimate of drug-likeness (QED) is 0.863. The van der Waals surface area contributed by atoms with E-state index in [1.165, 1.54) is 42.6 Å². The van der Waals surface area contributed by atoms with Crippen molar-refractivity contribution in [2.75, 3.05) is 24.5 Å². The summed E-state index contributed by atoms with van der Waals surface area (Å²) >= 11 is 0. The van der Waals surface area contributed by atoms with Crippen molar-refractivity contribution < 1.29 is 4.79 Å². The Hall–Kier alpha value is -2.75. The normalized spacial score (nSPS) is 17.2. The molecule has 28 heavy (non-hydrogen) atoms. The Bertz CT molecular complexity index is 835. The van der Waals surface area contributed by atoms with Crippen LogP contribution in [-0.4, -0.2) is 36.5 Å². The number of hydrogen-bond donors (Lipinski definition) is 1. The zero-order valence-corrected chi connectivity index (χ0v) is 16.6. The Morgan fingerprint density at radius 2 is 1.82 bits per heavy atom. The molecule has 2 aromatic rings. The Morgan fingerprint density at radius 3 is 2.57 bits per heavy atom. The molecule has 2 aliphatic rings. The van der Waals surface area contributed by atoms with Crippen LogP contribution in [0.25, 0.3) is 6.08 Å². The molecule has 4 heteroatoms. The number of para-hydroxylation sites is 1. The minimum absolute atomic E-state index is 0.00444. The number of piperidine rings is 1. The van der Waals surface area contributed by atoms with Gasteiger partial charge < -0.3 is 15.1 Å². The lowest BCUT2D eigenvalue weighted by Crippen LogP contribution is -2.42. The van der Waals surface area contributed by atoms with Gasteiger partial charge in [0.1, 0.15) is 0 Å². The molecular formula is C24H29N3O. The molecule has 0 unspecified atom stereocenters. The highest BCUT2D eigenvalue weighted by Gasteiger charge is 2.28. The summed E-state index contributed by atoms with van der Waals surface area (Å²) in [6.07, 6.45) is 8.04. The van der Waals surface area contributed by atoms with E-state index in [2.05, 4.69) is 75.9 Å². The van der Waals surface area contributed by atoms with Crippen molar-refractivity contribution in [3.63, 3.8) is 0 Å². The summed E-state index contributed by atoms with van der Waals surface area (Å²) in [5, 5.41) is 2.83. The molecule has 0 aliphatic carbocycles. The molecule has 0 saturated carbocycles. The van der Waals surface area contributed by atoms with Gasteiger partial charge in [0.05, 0.1) is 0 Å². The summed E-state index contributed by atoms with van der Waals surface area (Å²) < 4.78 is 0. The summed E-state index contributed by atoms with van der Waals surface area (Å²) in [5.41, 5.74) is 5.28. The molecule has 0 spiro atoms. The van der Waals surface area contributed by atoms with Gasteiger partial charge in [-0.05, 0) is 54.3 Å². The molecule has 1 saturated heterocycles. The maximum Gasteiger partial charge on any atom is 0.217 e. The van der Waals surface area contributed by atoms with Crippen molar-refractivity contribution in [3.05, 3.63) is 71.4 Å². The van der Waals surface area contributed by atoms with E-state index in [9.17, 15) is 4.79 Å². The second-order valence-corrected chi connectivity index (χ2v) is 7.81. The number of benzene rings is 2. The van der Waals surface area contributed by atoms with Gasteiger partial charge in [0.15, 0.2) is 0 Å². The van der Waals surface area contributed by atoms with E-state index >= 15 is 0 Å². The van der Waals surface area contributed by atoms with Crippen molar-refractivity contribution in [2.24, 2.45) is 0 Å². The minimum Gasteiger partial charge on any atom is -0.377 e. The van der Waals surface area contributed by atoms with Gasteiger partial charge in [-0.25, -0.2) is 0 Å². The summed E-state index contributed by atoms with van der Waals surface area (Å²) in [4.78, 5) is 16.1. The van der Waals surface area contributed by atoms with Gasteiger partial charge in [-0.15, -0.1) is 0 Å². The fourth-order valence-corrected chi connectivity index (χ4v) is 4.25. The van der Waals surface area contributed by atoms with E-state index in [4.69, 9.17) is 0 Å². The van der Waals surface area contributed by atoms with Crippen LogP contribution < -0.4 is 10.2 Å². The Kier molecular flexibility index (Phi) is 5.65. The van der Waals surface area contributed by atoms with Crippen molar-refractivity contribution >= 4 is 17.7 Å². The summed E-state index contributed by atoms with van der Waals surface area (Å²) in [6.45, 7) is 5.53. The van der Waals surface area contributed by atoms with Crippen LogP contribution in [-0.2, 0) is 17.8 Å². The zero-order valence-electron chi connectivity index (χ0n) is 16.6. The fraction of sp³-hybridized carbons (Fsp3) is 0.375. The van der Waals surface area contributed by atoms with E-state index in [0.717, 1.165) is 18.7 Å². The Labute approximate surface area is 167 Å². The third-order valence-corrected chi connectivity index (χ3v) is 5.86. The fourth-order valence-electron chi connectivity index (χ4n) is 4.25. The maximum atomic E-state index is 11.0. The number of hydrogen-bond acceptors (Lipinski definition) is 3. The van der Waals surface area contributed by atoms with Crippen molar-refractivity contribution in [3.8, 4) is 0 Å². The molecule has 0 aromatic heterocycles. The van der Waals surface area contributed by atoms with Crippen LogP contribution in [0.2, 0.25) is 0 Å². The molecule has 0 radical (unpaired) electrons. The van der Waals surface area contributed by atoms with Crippen molar-refractivity contribution in [2.45, 2.75) is 38.8 Å². The highest BCUT2D eigenvalue weighted by Crippen LogP contribution is 2.32. The standard InChI is InChI=1S/C24H29N3O/c1-19(28)25-18-21-8-6-20(7-9-21)10-14-26-15-12-23(13-16-26)27-17-11-22-4-2-3-5-24(22)27/h2-10,14,23H,11-13,15-18H2,1H3,(H,25,28). The van der Waals surface area contributed by atoms with Gasteiger partial charge in [0.25, 0.3) is 0 Å². The number of carbonyl (C=O) groups excluding carboxylic acids is 1. The number of rotatable bonds is 5. The van der Waals surface area contributed by atoms with Gasteiger partial charge in [-0.1, -0.05) is 42.5 Å². The van der Waals surface area contributed by atoms with Crippen LogP contribution in [0.3, 0.4) is 0 Å². The summed E-state index contributed by atoms with van der Waals surface area (Å²) in [7, 11) is 0. The number of fused-ring (bicyclic) bond motifs is 1. The minimum atomic E-state index is 0.00444. The second-order valence-electron chi connectivity index (χ2n) is 7.81. The van der Waals surface area contributed by atoms with E-state index in [0.29, 0.717) is 12.6 Å². The van der Waals surface area contributed by atoms with Gasteiger partial charge in [-0.2, -0.15) is 0 Å². The molecule has 4 rings (SSSR count). The van der Waals surface area contributed by atoms with Crippen LogP contribution in [0.15, 0.2) is 54.7 Å². The number of anilines is 1. The first-order chi connectivity index (χ1) is 13.7. The summed E-state index contributed by atoms with van der Waals surface area (Å²) in [6, 6.07) is 17.9. The lowest BCUT2D eigenvalue weighted by molar-refractivity contribution is -0.119. The molecule has 2 aliphatic heterocycles. The molecule has 146 valence electrons. The monoisotopic (exact) mass is 375 g/mol. The van der Waals surface area contributed by atoms with Gasteiger partial charge in [0, 0.05) is 44.8 Å². The zero-order chi connectivity index (χ0) is 19.3. The second kappa shape index (κ2) is 8.51. The number of nitrogens with zero attached hydrogens (tertiary/aromatic N) is 2. The van der Waals surface area contributed by atoms with Gasteiger partial charge in [-0.3, -0.25) is 4.79 Å². The third-order valence-electron chi connectivity index (χ3n) is 5.86. The van der Waals surface area contributed by atoms with Crippen LogP contribution in [0, 0.1) is 0 Å². The predicted molar refractivity (Wildman–Crippen MR) is 115 cm³/mol. The molecule has 1 amide bonds. The van der Waals surface area contributed by atoms with E-state index in [-0.39, 0.29) is 5.91 Å². The number of amides is 1. The average molecular weight is 376 g/mol. The van der Waals surface area contributed by atoms with Crippen molar-refractivity contribution in [1.29, 1.82) is 0 Å². The number of likely N-dealkylation sites (tertiary alicyclic amines) is 1. The smallest absolute Gasteiger partial charge is 0.217 e. The molecule has 0 bridgehead atoms. The molecular weight excluding hydrogens is 346 g/mol. The third kappa shape index (κ3) is 4.38. The SMILES string of the molecule is CC(=O)NCc1ccc(C=CN2CCC(N3CCc4ccccc43)CC2)cc1. The van der Waals surface area contributed by atoms with Crippen LogP contribution in [0.1, 0.15) is 36.5 Å². The highest BCUT2D eigenvalue weighted by atomic mass is 16.1. The number of carbonyl (C=O) groups is 1. The lowest BCUT2D eigenvalue weighted by Gasteiger charge is -2.37. The molecule has 2 heterocycles. The number of nitrogens with one attached hydrogen (secondary N) is 1. The topological polar surface area (TPSA) is 35.6 Å². The van der Waals surface area contributed by atoms with Gasteiger partial charge >= 0.3 is 0 Å². The average Bonchev–Trinajstić information content (AvgIpc) is 3.16. The largest absolute Gasteiger partial charge is 0.377 e. The highest BCUT2D eigenvalue weighted by molar-refractivity contribution is 5.72. The first-order valence-electron chi connectivity index (χ1n) is 10.3. The molecule has 2 aromatic carbocycles. The van der Waals surface area contributed by atoms with Gasteiger partial charge in [0.2, 0.25) is 5.91 Å². The van der Waals surface area contributed by atoms with Crippen molar-refractivity contribution in [1.82, 2.24) is 10.2 Å². The van der Waals surface area contributed by atoms with Crippen LogP contribution >= 0.6 is 0 Å². The first kappa shape index (κ1) is 18.6. The summed E-state index contributed by atoms with van der Waals surface area (Å²) in [5.74, 6) is 0.00444. The maximum absolute atomic E-state index is 11.0. The first-order valence-corrected chi connectivity index (χ1v) is 10.3. The van der Waals surface area contributed by atoms with E-state index in [1.807, 2.05) is 0 Å². The van der Waals surface area contributed by atoms with Crippen LogP contribution in [0.4, 0.5) is 5.69 Å². The molecule has 0 atom stereocenters. The Morgan fingerprint density at radius 1 is 1.07 bits per heavy atom. The lowest BCUT2D eigenvalue weighted by atomic mass is 10.0. The molecule has 1 fully saturated rings. The van der Waals surface area contributed by atoms with Crippen LogP contribution in [0.5, 0.6) is 0 Å². The van der Waals surface area contributed by atoms with E-state index in [1.54, 1.807) is 6.92 Å².